The summed E-state index contributed by atoms with van der Waals surface area (Å²) in [5.74, 6) is 0. The Morgan fingerprint density at radius 1 is 0.476 bits per heavy atom. The van der Waals surface area contributed by atoms with Crippen molar-refractivity contribution in [3.8, 4) is 34.6 Å². The van der Waals surface area contributed by atoms with Crippen molar-refractivity contribution >= 4 is 43.6 Å². The van der Waals surface area contributed by atoms with Crippen LogP contribution >= 0.6 is 0 Å². The van der Waals surface area contributed by atoms with E-state index in [0.29, 0.717) is 11.1 Å². The Hall–Kier alpha value is -6.10. The van der Waals surface area contributed by atoms with E-state index in [9.17, 15) is 10.5 Å². The predicted octanol–water partition coefficient (Wildman–Crippen LogP) is 9.29. The number of nitrogens with zero attached hydrogens (tertiary/aromatic N) is 4. The van der Waals surface area contributed by atoms with E-state index in [1.54, 1.807) is 12.1 Å². The molecule has 2 aromatic heterocycles. The van der Waals surface area contributed by atoms with Crippen LogP contribution in [0.3, 0.4) is 0 Å². The number of hydrogen-bond acceptors (Lipinski definition) is 2. The fourth-order valence-corrected chi connectivity index (χ4v) is 6.47. The summed E-state index contributed by atoms with van der Waals surface area (Å²) in [7, 11) is 0. The van der Waals surface area contributed by atoms with Gasteiger partial charge in [0.05, 0.1) is 51.0 Å². The fraction of sp³-hybridized carbons (Fsp3) is 0. The first-order chi connectivity index (χ1) is 20.8. The molecule has 2 heterocycles. The molecular formula is C38H22N4. The molecule has 0 aliphatic heterocycles. The van der Waals surface area contributed by atoms with Crippen LogP contribution in [0.2, 0.25) is 0 Å². The van der Waals surface area contributed by atoms with Crippen LogP contribution < -0.4 is 0 Å². The summed E-state index contributed by atoms with van der Waals surface area (Å²) in [6, 6.07) is 50.1. The van der Waals surface area contributed by atoms with Crippen molar-refractivity contribution in [3.63, 3.8) is 0 Å². The number of benzene rings is 6. The zero-order valence-corrected chi connectivity index (χ0v) is 22.5. The highest BCUT2D eigenvalue weighted by Crippen LogP contribution is 2.45. The third-order valence-corrected chi connectivity index (χ3v) is 8.19. The fourth-order valence-electron chi connectivity index (χ4n) is 6.47. The average molecular weight is 535 g/mol. The molecule has 0 aliphatic rings. The van der Waals surface area contributed by atoms with Gasteiger partial charge in [0.15, 0.2) is 0 Å². The molecule has 0 bridgehead atoms. The SMILES string of the molecule is N#Cc1ccc(-c2c(-n3c4ccccc4c4ccccc43)ccc3c2c2ccccc2n3-c2ccccc2)c(C#N)c1. The largest absolute Gasteiger partial charge is 0.309 e. The minimum atomic E-state index is 0.465. The Labute approximate surface area is 242 Å². The molecule has 42 heavy (non-hydrogen) atoms. The summed E-state index contributed by atoms with van der Waals surface area (Å²) in [5, 5.41) is 24.5. The highest BCUT2D eigenvalue weighted by molar-refractivity contribution is 6.19. The van der Waals surface area contributed by atoms with Gasteiger partial charge in [-0.05, 0) is 54.6 Å². The molecule has 8 aromatic rings. The van der Waals surface area contributed by atoms with Gasteiger partial charge in [-0.1, -0.05) is 78.9 Å². The second kappa shape index (κ2) is 9.24. The molecule has 4 nitrogen and oxygen atoms in total. The normalized spacial score (nSPS) is 11.3. The first-order valence-electron chi connectivity index (χ1n) is 13.8. The number of nitriles is 2. The third-order valence-electron chi connectivity index (χ3n) is 8.19. The van der Waals surface area contributed by atoms with Crippen LogP contribution in [0.25, 0.3) is 66.1 Å². The van der Waals surface area contributed by atoms with E-state index in [-0.39, 0.29) is 0 Å². The molecule has 4 heteroatoms. The van der Waals surface area contributed by atoms with E-state index in [2.05, 4.69) is 130 Å². The number of para-hydroxylation sites is 4. The van der Waals surface area contributed by atoms with Crippen molar-refractivity contribution in [2.24, 2.45) is 0 Å². The van der Waals surface area contributed by atoms with Crippen molar-refractivity contribution < 1.29 is 0 Å². The first kappa shape index (κ1) is 23.8. The first-order valence-corrected chi connectivity index (χ1v) is 13.8. The molecule has 0 radical (unpaired) electrons. The summed E-state index contributed by atoms with van der Waals surface area (Å²) in [6.45, 7) is 0. The van der Waals surface area contributed by atoms with Crippen molar-refractivity contribution in [1.82, 2.24) is 9.13 Å². The molecule has 0 saturated carbocycles. The second-order valence-electron chi connectivity index (χ2n) is 10.4. The minimum Gasteiger partial charge on any atom is -0.309 e. The maximum absolute atomic E-state index is 10.4. The van der Waals surface area contributed by atoms with Gasteiger partial charge < -0.3 is 9.13 Å². The topological polar surface area (TPSA) is 57.4 Å². The lowest BCUT2D eigenvalue weighted by molar-refractivity contribution is 1.17. The van der Waals surface area contributed by atoms with Crippen molar-refractivity contribution in [1.29, 1.82) is 10.5 Å². The highest BCUT2D eigenvalue weighted by atomic mass is 15.0. The standard InChI is InChI=1S/C38H22N4/c39-23-25-18-19-28(26(22-25)24-40)37-36(42-32-15-7-4-12-29(32)30-13-5-8-16-33(30)42)21-20-35-38(37)31-14-6-9-17-34(31)41(35)27-10-2-1-3-11-27/h1-22H. The summed E-state index contributed by atoms with van der Waals surface area (Å²) >= 11 is 0. The van der Waals surface area contributed by atoms with Gasteiger partial charge in [0.1, 0.15) is 0 Å². The van der Waals surface area contributed by atoms with E-state index in [1.165, 1.54) is 10.8 Å². The van der Waals surface area contributed by atoms with Gasteiger partial charge in [0.25, 0.3) is 0 Å². The number of hydrogen-bond donors (Lipinski definition) is 0. The number of rotatable bonds is 3. The van der Waals surface area contributed by atoms with Crippen LogP contribution in [-0.2, 0) is 0 Å². The zero-order chi connectivity index (χ0) is 28.2. The van der Waals surface area contributed by atoms with Gasteiger partial charge in [0, 0.05) is 38.4 Å². The van der Waals surface area contributed by atoms with Gasteiger partial charge in [0.2, 0.25) is 0 Å². The summed E-state index contributed by atoms with van der Waals surface area (Å²) in [5.41, 5.74) is 9.09. The zero-order valence-electron chi connectivity index (χ0n) is 22.5. The molecule has 0 spiro atoms. The molecule has 0 atom stereocenters. The van der Waals surface area contributed by atoms with E-state index >= 15 is 0 Å². The van der Waals surface area contributed by atoms with E-state index in [0.717, 1.165) is 55.3 Å². The molecule has 6 aromatic carbocycles. The number of fused-ring (bicyclic) bond motifs is 6. The molecule has 0 amide bonds. The van der Waals surface area contributed by atoms with E-state index < -0.39 is 0 Å². The summed E-state index contributed by atoms with van der Waals surface area (Å²) < 4.78 is 4.60. The number of aromatic nitrogens is 2. The van der Waals surface area contributed by atoms with Crippen molar-refractivity contribution in [2.75, 3.05) is 0 Å². The summed E-state index contributed by atoms with van der Waals surface area (Å²) in [4.78, 5) is 0. The predicted molar refractivity (Wildman–Crippen MR) is 170 cm³/mol. The molecular weight excluding hydrogens is 512 g/mol. The van der Waals surface area contributed by atoms with Crippen LogP contribution in [0.4, 0.5) is 0 Å². The van der Waals surface area contributed by atoms with Crippen LogP contribution in [0, 0.1) is 22.7 Å². The average Bonchev–Trinajstić information content (AvgIpc) is 3.57. The Kier molecular flexibility index (Phi) is 5.22. The molecule has 0 saturated heterocycles. The van der Waals surface area contributed by atoms with Gasteiger partial charge >= 0.3 is 0 Å². The van der Waals surface area contributed by atoms with Gasteiger partial charge in [-0.3, -0.25) is 0 Å². The van der Waals surface area contributed by atoms with E-state index in [4.69, 9.17) is 0 Å². The van der Waals surface area contributed by atoms with Gasteiger partial charge in [-0.15, -0.1) is 0 Å². The monoisotopic (exact) mass is 534 g/mol. The molecule has 0 N–H and O–H groups in total. The molecule has 0 aliphatic carbocycles. The highest BCUT2D eigenvalue weighted by Gasteiger charge is 2.23. The van der Waals surface area contributed by atoms with Crippen molar-refractivity contribution in [2.45, 2.75) is 0 Å². The summed E-state index contributed by atoms with van der Waals surface area (Å²) in [6.07, 6.45) is 0. The second-order valence-corrected chi connectivity index (χ2v) is 10.4. The maximum Gasteiger partial charge on any atom is 0.0998 e. The van der Waals surface area contributed by atoms with Crippen LogP contribution in [-0.4, -0.2) is 9.13 Å². The van der Waals surface area contributed by atoms with Crippen molar-refractivity contribution in [3.05, 3.63) is 145 Å². The Morgan fingerprint density at radius 2 is 1.07 bits per heavy atom. The lowest BCUT2D eigenvalue weighted by Gasteiger charge is -2.17. The Bertz CT molecular complexity index is 2380. The smallest absolute Gasteiger partial charge is 0.0998 e. The molecule has 0 unspecified atom stereocenters. The Balaban J connectivity index is 1.62. The van der Waals surface area contributed by atoms with Crippen LogP contribution in [0.15, 0.2) is 133 Å². The lowest BCUT2D eigenvalue weighted by Crippen LogP contribution is -2.00. The quantitative estimate of drug-likeness (QED) is 0.227. The molecule has 0 fully saturated rings. The maximum atomic E-state index is 10.4. The molecule has 8 rings (SSSR count). The van der Waals surface area contributed by atoms with E-state index in [1.807, 2.05) is 12.1 Å². The van der Waals surface area contributed by atoms with Crippen LogP contribution in [0.5, 0.6) is 0 Å². The Morgan fingerprint density at radius 3 is 1.71 bits per heavy atom. The minimum absolute atomic E-state index is 0.465. The van der Waals surface area contributed by atoms with Gasteiger partial charge in [-0.25, -0.2) is 0 Å². The van der Waals surface area contributed by atoms with Gasteiger partial charge in [-0.2, -0.15) is 10.5 Å². The molecule has 194 valence electrons. The lowest BCUT2D eigenvalue weighted by atomic mass is 9.92. The van der Waals surface area contributed by atoms with Crippen LogP contribution in [0.1, 0.15) is 11.1 Å². The third kappa shape index (κ3) is 3.33.